The smallest absolute Gasteiger partial charge is 0.329 e. The fraction of sp³-hybridized carbons (Fsp3) is 0.167. The van der Waals surface area contributed by atoms with Crippen LogP contribution in [0.5, 0.6) is 0 Å². The van der Waals surface area contributed by atoms with Crippen LogP contribution in [0.1, 0.15) is 0 Å². The van der Waals surface area contributed by atoms with Crippen molar-refractivity contribution >= 4 is 28.5 Å². The second-order valence-electron chi connectivity index (χ2n) is 5.96. The average Bonchev–Trinajstić information content (AvgIpc) is 2.92. The van der Waals surface area contributed by atoms with Crippen molar-refractivity contribution in [3.05, 3.63) is 64.3 Å². The molecule has 0 aliphatic rings. The van der Waals surface area contributed by atoms with Crippen LogP contribution in [-0.4, -0.2) is 27.5 Å². The third-order valence-corrected chi connectivity index (χ3v) is 4.11. The number of para-hydroxylation sites is 2. The van der Waals surface area contributed by atoms with Crippen LogP contribution in [0.2, 0.25) is 0 Å². The molecule has 3 aromatic rings. The van der Waals surface area contributed by atoms with Crippen molar-refractivity contribution in [1.29, 1.82) is 0 Å². The average molecular weight is 392 g/mol. The fourth-order valence-electron chi connectivity index (χ4n) is 2.71. The first-order valence-corrected chi connectivity index (χ1v) is 8.14. The first kappa shape index (κ1) is 19.2. The molecule has 0 saturated carbocycles. The number of amides is 2. The van der Waals surface area contributed by atoms with Gasteiger partial charge in [-0.1, -0.05) is 12.1 Å². The lowest BCUT2D eigenvalue weighted by Gasteiger charge is -2.09. The number of hydrogen-bond donors (Lipinski definition) is 2. The monoisotopic (exact) mass is 392 g/mol. The normalized spacial score (nSPS) is 10.9. The Morgan fingerprint density at radius 2 is 1.64 bits per heavy atom. The highest BCUT2D eigenvalue weighted by Gasteiger charge is 2.17. The molecule has 28 heavy (non-hydrogen) atoms. The van der Waals surface area contributed by atoms with Crippen LogP contribution in [0, 0.1) is 17.5 Å². The number of rotatable bonds is 5. The zero-order chi connectivity index (χ0) is 20.4. The van der Waals surface area contributed by atoms with Crippen molar-refractivity contribution in [2.75, 3.05) is 11.9 Å². The lowest BCUT2D eigenvalue weighted by molar-refractivity contribution is -0.124. The molecule has 1 heterocycles. The van der Waals surface area contributed by atoms with Crippen molar-refractivity contribution in [2.45, 2.75) is 6.54 Å². The Bertz CT molecular complexity index is 1140. The predicted octanol–water partition coefficient (Wildman–Crippen LogP) is 1.51. The van der Waals surface area contributed by atoms with Crippen molar-refractivity contribution < 1.29 is 22.8 Å². The first-order chi connectivity index (χ1) is 13.3. The zero-order valence-electron chi connectivity index (χ0n) is 14.6. The molecule has 0 unspecified atom stereocenters. The summed E-state index contributed by atoms with van der Waals surface area (Å²) in [5.41, 5.74) is 0.249. The number of aromatic nitrogens is 2. The standard InChI is InChI=1S/C18H15F3N4O3/c1-24-12-4-2-3-5-13(12)25(18(24)28)9-15(27)22-8-14(26)23-11-7-6-10(19)16(20)17(11)21/h2-7H,8-9H2,1H3,(H,22,27)(H,23,26). The van der Waals surface area contributed by atoms with E-state index in [0.29, 0.717) is 17.1 Å². The van der Waals surface area contributed by atoms with Gasteiger partial charge in [-0.3, -0.25) is 18.7 Å². The highest BCUT2D eigenvalue weighted by molar-refractivity contribution is 5.94. The van der Waals surface area contributed by atoms with Crippen LogP contribution in [-0.2, 0) is 23.2 Å². The van der Waals surface area contributed by atoms with Crippen molar-refractivity contribution in [1.82, 2.24) is 14.5 Å². The van der Waals surface area contributed by atoms with Gasteiger partial charge in [0.25, 0.3) is 0 Å². The predicted molar refractivity (Wildman–Crippen MR) is 95.1 cm³/mol. The molecule has 0 spiro atoms. The van der Waals surface area contributed by atoms with Gasteiger partial charge in [-0.15, -0.1) is 0 Å². The second-order valence-corrected chi connectivity index (χ2v) is 5.96. The van der Waals surface area contributed by atoms with Crippen LogP contribution in [0.15, 0.2) is 41.2 Å². The highest BCUT2D eigenvalue weighted by atomic mass is 19.2. The van der Waals surface area contributed by atoms with Gasteiger partial charge >= 0.3 is 5.69 Å². The molecule has 0 atom stereocenters. The van der Waals surface area contributed by atoms with Crippen LogP contribution < -0.4 is 16.3 Å². The number of nitrogens with zero attached hydrogens (tertiary/aromatic N) is 2. The van der Waals surface area contributed by atoms with E-state index in [0.717, 1.165) is 6.07 Å². The summed E-state index contributed by atoms with van der Waals surface area (Å²) in [6, 6.07) is 8.42. The fourth-order valence-corrected chi connectivity index (χ4v) is 2.71. The summed E-state index contributed by atoms with van der Waals surface area (Å²) < 4.78 is 42.2. The van der Waals surface area contributed by atoms with E-state index in [2.05, 4.69) is 5.32 Å². The molecule has 2 aromatic carbocycles. The van der Waals surface area contributed by atoms with Crippen LogP contribution >= 0.6 is 0 Å². The van der Waals surface area contributed by atoms with E-state index >= 15 is 0 Å². The topological polar surface area (TPSA) is 85.1 Å². The quantitative estimate of drug-likeness (QED) is 0.646. The zero-order valence-corrected chi connectivity index (χ0v) is 14.6. The van der Waals surface area contributed by atoms with E-state index in [1.807, 2.05) is 5.32 Å². The summed E-state index contributed by atoms with van der Waals surface area (Å²) in [7, 11) is 1.57. The van der Waals surface area contributed by atoms with Gasteiger partial charge in [0.1, 0.15) is 6.54 Å². The number of halogens is 3. The summed E-state index contributed by atoms with van der Waals surface area (Å²) in [6.07, 6.45) is 0. The number of imidazole rings is 1. The SMILES string of the molecule is Cn1c(=O)n(CC(=O)NCC(=O)Nc2ccc(F)c(F)c2F)c2ccccc21. The van der Waals surface area contributed by atoms with E-state index in [1.165, 1.54) is 9.13 Å². The molecular weight excluding hydrogens is 377 g/mol. The Morgan fingerprint density at radius 1 is 0.964 bits per heavy atom. The summed E-state index contributed by atoms with van der Waals surface area (Å²) in [5.74, 6) is -6.11. The van der Waals surface area contributed by atoms with Crippen LogP contribution in [0.25, 0.3) is 11.0 Å². The number of benzene rings is 2. The number of hydrogen-bond acceptors (Lipinski definition) is 3. The third kappa shape index (κ3) is 3.61. The molecule has 1 aromatic heterocycles. The second kappa shape index (κ2) is 7.59. The Kier molecular flexibility index (Phi) is 5.21. The Labute approximate surface area is 156 Å². The first-order valence-electron chi connectivity index (χ1n) is 8.14. The maximum atomic E-state index is 13.5. The molecule has 7 nitrogen and oxygen atoms in total. The van der Waals surface area contributed by atoms with Gasteiger partial charge in [-0.25, -0.2) is 18.0 Å². The lowest BCUT2D eigenvalue weighted by atomic mass is 10.2. The molecule has 2 amide bonds. The molecule has 3 rings (SSSR count). The van der Waals surface area contributed by atoms with Crippen molar-refractivity contribution in [2.24, 2.45) is 7.05 Å². The summed E-state index contributed by atoms with van der Waals surface area (Å²) >= 11 is 0. The summed E-state index contributed by atoms with van der Waals surface area (Å²) in [5, 5.41) is 4.32. The van der Waals surface area contributed by atoms with E-state index < -0.39 is 47.2 Å². The van der Waals surface area contributed by atoms with E-state index in [9.17, 15) is 27.6 Å². The lowest BCUT2D eigenvalue weighted by Crippen LogP contribution is -2.37. The summed E-state index contributed by atoms with van der Waals surface area (Å²) in [4.78, 5) is 36.2. The van der Waals surface area contributed by atoms with E-state index in [1.54, 1.807) is 31.3 Å². The molecule has 0 fully saturated rings. The minimum Gasteiger partial charge on any atom is -0.345 e. The largest absolute Gasteiger partial charge is 0.345 e. The maximum Gasteiger partial charge on any atom is 0.329 e. The van der Waals surface area contributed by atoms with Crippen LogP contribution in [0.4, 0.5) is 18.9 Å². The number of anilines is 1. The Hall–Kier alpha value is -3.56. The maximum absolute atomic E-state index is 13.5. The minimum atomic E-state index is -1.71. The molecule has 0 saturated heterocycles. The molecular formula is C18H15F3N4O3. The molecule has 10 heteroatoms. The third-order valence-electron chi connectivity index (χ3n) is 4.11. The van der Waals surface area contributed by atoms with Gasteiger partial charge in [-0.2, -0.15) is 0 Å². The van der Waals surface area contributed by atoms with Crippen molar-refractivity contribution in [3.63, 3.8) is 0 Å². The van der Waals surface area contributed by atoms with E-state index in [4.69, 9.17) is 0 Å². The van der Waals surface area contributed by atoms with Gasteiger partial charge in [-0.05, 0) is 24.3 Å². The number of fused-ring (bicyclic) bond motifs is 1. The Morgan fingerprint density at radius 3 is 2.36 bits per heavy atom. The molecule has 2 N–H and O–H groups in total. The Balaban J connectivity index is 1.64. The molecule has 0 aliphatic heterocycles. The molecule has 146 valence electrons. The van der Waals surface area contributed by atoms with Gasteiger partial charge in [0.2, 0.25) is 11.8 Å². The van der Waals surface area contributed by atoms with Crippen LogP contribution in [0.3, 0.4) is 0 Å². The van der Waals surface area contributed by atoms with Gasteiger partial charge in [0, 0.05) is 7.05 Å². The number of carbonyl (C=O) groups excluding carboxylic acids is 2. The van der Waals surface area contributed by atoms with Crippen molar-refractivity contribution in [3.8, 4) is 0 Å². The summed E-state index contributed by atoms with van der Waals surface area (Å²) in [6.45, 7) is -0.871. The number of aryl methyl sites for hydroxylation is 1. The van der Waals surface area contributed by atoms with Gasteiger partial charge < -0.3 is 10.6 Å². The van der Waals surface area contributed by atoms with E-state index in [-0.39, 0.29) is 6.54 Å². The molecule has 0 aliphatic carbocycles. The van der Waals surface area contributed by atoms with Gasteiger partial charge in [0.15, 0.2) is 17.5 Å². The molecule has 0 radical (unpaired) electrons. The molecule has 0 bridgehead atoms. The highest BCUT2D eigenvalue weighted by Crippen LogP contribution is 2.19. The number of nitrogens with one attached hydrogen (secondary N) is 2. The number of carbonyl (C=O) groups is 2. The van der Waals surface area contributed by atoms with Gasteiger partial charge in [0.05, 0.1) is 23.3 Å². The minimum absolute atomic E-state index is 0.326.